The van der Waals surface area contributed by atoms with E-state index >= 15 is 0 Å². The maximum atomic E-state index is 11.5. The third-order valence-electron chi connectivity index (χ3n) is 2.43. The van der Waals surface area contributed by atoms with Crippen LogP contribution in [0.4, 0.5) is 4.79 Å². The lowest BCUT2D eigenvalue weighted by molar-refractivity contribution is -0.181. The van der Waals surface area contributed by atoms with Crippen molar-refractivity contribution in [2.45, 2.75) is 44.8 Å². The molecule has 0 aliphatic rings. The molecule has 21 heavy (non-hydrogen) atoms. The predicted molar refractivity (Wildman–Crippen MR) is 72.5 cm³/mol. The number of esters is 2. The maximum absolute atomic E-state index is 11.5. The zero-order valence-electron chi connectivity index (χ0n) is 13.0. The monoisotopic (exact) mass is 305 g/mol. The van der Waals surface area contributed by atoms with Gasteiger partial charge in [-0.05, 0) is 33.6 Å². The van der Waals surface area contributed by atoms with Gasteiger partial charge < -0.3 is 24.6 Å². The van der Waals surface area contributed by atoms with Gasteiger partial charge in [-0.3, -0.25) is 0 Å². The van der Waals surface area contributed by atoms with Crippen LogP contribution in [0.3, 0.4) is 0 Å². The van der Waals surface area contributed by atoms with Crippen molar-refractivity contribution in [2.24, 2.45) is 0 Å². The molecular formula is C13H23NO7. The van der Waals surface area contributed by atoms with Gasteiger partial charge in [0.2, 0.25) is 0 Å². The molecule has 0 unspecified atom stereocenters. The molecule has 0 rings (SSSR count). The smallest absolute Gasteiger partial charge is 0.407 e. The summed E-state index contributed by atoms with van der Waals surface area (Å²) in [5.74, 6) is -2.21. The van der Waals surface area contributed by atoms with Crippen LogP contribution in [-0.4, -0.2) is 55.1 Å². The number of carbonyl (C=O) groups is 3. The van der Waals surface area contributed by atoms with Crippen LogP contribution in [0.25, 0.3) is 0 Å². The second-order valence-electron chi connectivity index (χ2n) is 5.38. The van der Waals surface area contributed by atoms with Crippen LogP contribution < -0.4 is 5.32 Å². The van der Waals surface area contributed by atoms with E-state index in [1.807, 2.05) is 0 Å². The minimum Gasteiger partial charge on any atom is -0.466 e. The highest BCUT2D eigenvalue weighted by Crippen LogP contribution is 2.17. The largest absolute Gasteiger partial charge is 0.466 e. The fourth-order valence-electron chi connectivity index (χ4n) is 1.47. The summed E-state index contributed by atoms with van der Waals surface area (Å²) >= 11 is 0. The molecule has 8 nitrogen and oxygen atoms in total. The molecular weight excluding hydrogens is 282 g/mol. The number of amides is 1. The van der Waals surface area contributed by atoms with Crippen LogP contribution in [0.2, 0.25) is 0 Å². The SMILES string of the molecule is COC(=O)C(O)(CCCNC(=O)OC(C)(C)C)C(=O)OC. The average Bonchev–Trinajstić information content (AvgIpc) is 2.39. The lowest BCUT2D eigenvalue weighted by Gasteiger charge is -2.22. The summed E-state index contributed by atoms with van der Waals surface area (Å²) in [6, 6.07) is 0. The molecule has 0 fully saturated rings. The van der Waals surface area contributed by atoms with Gasteiger partial charge in [0.1, 0.15) is 5.60 Å². The summed E-state index contributed by atoms with van der Waals surface area (Å²) in [5.41, 5.74) is -3.00. The quantitative estimate of drug-likeness (QED) is 0.315. The van der Waals surface area contributed by atoms with Crippen molar-refractivity contribution in [2.75, 3.05) is 20.8 Å². The fourth-order valence-corrected chi connectivity index (χ4v) is 1.47. The normalized spacial score (nSPS) is 11.5. The first kappa shape index (κ1) is 19.2. The standard InChI is InChI=1S/C13H23NO7/c1-12(2,3)21-11(17)14-8-6-7-13(18,9(15)19-4)10(16)20-5/h18H,6-8H2,1-5H3,(H,14,17). The number of nitrogens with one attached hydrogen (secondary N) is 1. The van der Waals surface area contributed by atoms with E-state index in [4.69, 9.17) is 4.74 Å². The molecule has 0 aliphatic carbocycles. The average molecular weight is 305 g/mol. The van der Waals surface area contributed by atoms with E-state index in [0.29, 0.717) is 0 Å². The summed E-state index contributed by atoms with van der Waals surface area (Å²) in [5, 5.41) is 12.5. The molecule has 0 saturated carbocycles. The van der Waals surface area contributed by atoms with E-state index in [-0.39, 0.29) is 19.4 Å². The van der Waals surface area contributed by atoms with Gasteiger partial charge in [0.15, 0.2) is 0 Å². The Hall–Kier alpha value is -1.83. The van der Waals surface area contributed by atoms with Crippen molar-refractivity contribution in [1.29, 1.82) is 0 Å². The lowest BCUT2D eigenvalue weighted by Crippen LogP contribution is -2.48. The van der Waals surface area contributed by atoms with Crippen LogP contribution in [-0.2, 0) is 23.8 Å². The summed E-state index contributed by atoms with van der Waals surface area (Å²) in [7, 11) is 2.10. The van der Waals surface area contributed by atoms with Crippen LogP contribution in [0, 0.1) is 0 Å². The van der Waals surface area contributed by atoms with Crippen molar-refractivity contribution in [3.8, 4) is 0 Å². The zero-order chi connectivity index (χ0) is 16.7. The Labute approximate surface area is 123 Å². The Bertz CT molecular complexity index is 370. The van der Waals surface area contributed by atoms with Gasteiger partial charge in [0, 0.05) is 6.54 Å². The Morgan fingerprint density at radius 1 is 1.05 bits per heavy atom. The molecule has 0 spiro atoms. The molecule has 2 N–H and O–H groups in total. The van der Waals surface area contributed by atoms with Crippen LogP contribution in [0.1, 0.15) is 33.6 Å². The first-order valence-electron chi connectivity index (χ1n) is 6.43. The molecule has 0 heterocycles. The molecule has 122 valence electrons. The van der Waals surface area contributed by atoms with Gasteiger partial charge in [-0.15, -0.1) is 0 Å². The van der Waals surface area contributed by atoms with Gasteiger partial charge in [0.25, 0.3) is 5.60 Å². The maximum Gasteiger partial charge on any atom is 0.407 e. The van der Waals surface area contributed by atoms with E-state index < -0.39 is 29.2 Å². The van der Waals surface area contributed by atoms with Gasteiger partial charge >= 0.3 is 18.0 Å². The number of hydrogen-bond donors (Lipinski definition) is 2. The number of ether oxygens (including phenoxy) is 3. The number of rotatable bonds is 6. The molecule has 0 aromatic carbocycles. The molecule has 0 aliphatic heterocycles. The Balaban J connectivity index is 4.37. The Kier molecular flexibility index (Phi) is 7.14. The molecule has 0 bridgehead atoms. The second-order valence-corrected chi connectivity index (χ2v) is 5.38. The van der Waals surface area contributed by atoms with E-state index in [1.165, 1.54) is 0 Å². The molecule has 0 radical (unpaired) electrons. The van der Waals surface area contributed by atoms with Gasteiger partial charge in [-0.1, -0.05) is 0 Å². The highest BCUT2D eigenvalue weighted by Gasteiger charge is 2.46. The Morgan fingerprint density at radius 2 is 1.52 bits per heavy atom. The molecule has 0 atom stereocenters. The van der Waals surface area contributed by atoms with Crippen LogP contribution in [0.15, 0.2) is 0 Å². The third kappa shape index (κ3) is 6.44. The van der Waals surface area contributed by atoms with Crippen LogP contribution in [0.5, 0.6) is 0 Å². The van der Waals surface area contributed by atoms with Crippen molar-refractivity contribution >= 4 is 18.0 Å². The first-order valence-corrected chi connectivity index (χ1v) is 6.43. The van der Waals surface area contributed by atoms with E-state index in [0.717, 1.165) is 14.2 Å². The first-order chi connectivity index (χ1) is 9.56. The Morgan fingerprint density at radius 3 is 1.90 bits per heavy atom. The molecule has 0 saturated heterocycles. The van der Waals surface area contributed by atoms with Crippen molar-refractivity contribution in [3.63, 3.8) is 0 Å². The third-order valence-corrected chi connectivity index (χ3v) is 2.43. The molecule has 0 aromatic heterocycles. The second kappa shape index (κ2) is 7.82. The number of aliphatic hydroxyl groups is 1. The number of hydrogen-bond acceptors (Lipinski definition) is 7. The summed E-state index contributed by atoms with van der Waals surface area (Å²) in [4.78, 5) is 34.3. The minimum absolute atomic E-state index is 0.116. The van der Waals surface area contributed by atoms with Gasteiger partial charge in [0.05, 0.1) is 14.2 Å². The van der Waals surface area contributed by atoms with Crippen molar-refractivity contribution in [3.05, 3.63) is 0 Å². The van der Waals surface area contributed by atoms with E-state index in [2.05, 4.69) is 14.8 Å². The zero-order valence-corrected chi connectivity index (χ0v) is 13.0. The highest BCUT2D eigenvalue weighted by molar-refractivity contribution is 6.03. The highest BCUT2D eigenvalue weighted by atomic mass is 16.6. The van der Waals surface area contributed by atoms with Crippen molar-refractivity contribution in [1.82, 2.24) is 5.32 Å². The summed E-state index contributed by atoms with van der Waals surface area (Å²) < 4.78 is 13.8. The van der Waals surface area contributed by atoms with Gasteiger partial charge in [-0.25, -0.2) is 14.4 Å². The molecule has 1 amide bonds. The van der Waals surface area contributed by atoms with Crippen molar-refractivity contribution < 1.29 is 33.7 Å². The number of alkyl carbamates (subject to hydrolysis) is 1. The fraction of sp³-hybridized carbons (Fsp3) is 0.769. The van der Waals surface area contributed by atoms with E-state index in [9.17, 15) is 19.5 Å². The summed E-state index contributed by atoms with van der Waals surface area (Å²) in [6.45, 7) is 5.28. The number of carbonyl (C=O) groups excluding carboxylic acids is 3. The van der Waals surface area contributed by atoms with E-state index in [1.54, 1.807) is 20.8 Å². The minimum atomic E-state index is -2.38. The topological polar surface area (TPSA) is 111 Å². The predicted octanol–water partition coefficient (Wildman–Crippen LogP) is 0.368. The number of methoxy groups -OCH3 is 2. The summed E-state index contributed by atoms with van der Waals surface area (Å²) in [6.07, 6.45) is -0.718. The molecule has 8 heteroatoms. The lowest BCUT2D eigenvalue weighted by atomic mass is 9.98. The van der Waals surface area contributed by atoms with Crippen LogP contribution >= 0.6 is 0 Å². The molecule has 0 aromatic rings. The van der Waals surface area contributed by atoms with Gasteiger partial charge in [-0.2, -0.15) is 0 Å².